The maximum atomic E-state index is 8.96. The zero-order chi connectivity index (χ0) is 7.40. The molecule has 0 amide bonds. The average Bonchev–Trinajstić information content (AvgIpc) is 2.14. The van der Waals surface area contributed by atoms with E-state index >= 15 is 0 Å². The number of nitriles is 1. The van der Waals surface area contributed by atoms with Crippen LogP contribution in [0.15, 0.2) is 35.6 Å². The monoisotopic (exact) mass is 133 g/mol. The normalized spacial score (nSPS) is 16.7. The molecule has 0 saturated heterocycles. The topological polar surface area (TPSA) is 44.0 Å². The molecule has 0 aromatic heterocycles. The van der Waals surface area contributed by atoms with Gasteiger partial charge < -0.3 is 5.11 Å². The molecule has 0 aliphatic heterocycles. The largest absolute Gasteiger partial charge is 0.512 e. The molecule has 0 fully saturated rings. The molecular weight excluding hydrogens is 126 g/mol. The average molecular weight is 133 g/mol. The molecular formula is C8H7NO. The van der Waals surface area contributed by atoms with Crippen molar-refractivity contribution < 1.29 is 5.11 Å². The third-order valence-corrected chi connectivity index (χ3v) is 1.21. The van der Waals surface area contributed by atoms with Gasteiger partial charge >= 0.3 is 0 Å². The van der Waals surface area contributed by atoms with E-state index in [0.29, 0.717) is 17.8 Å². The fourth-order valence-electron chi connectivity index (χ4n) is 0.691. The van der Waals surface area contributed by atoms with Crippen molar-refractivity contribution in [1.82, 2.24) is 0 Å². The number of rotatable bonds is 0. The summed E-state index contributed by atoms with van der Waals surface area (Å²) in [6.07, 6.45) is 7.10. The number of hydrogen-bond acceptors (Lipinski definition) is 2. The van der Waals surface area contributed by atoms with Gasteiger partial charge in [-0.05, 0) is 18.2 Å². The summed E-state index contributed by atoms with van der Waals surface area (Å²) in [4.78, 5) is 0. The van der Waals surface area contributed by atoms with Gasteiger partial charge in [0.05, 0.1) is 17.4 Å². The first-order chi connectivity index (χ1) is 4.83. The molecule has 0 atom stereocenters. The predicted octanol–water partition coefficient (Wildman–Crippen LogP) is 1.84. The first kappa shape index (κ1) is 6.63. The number of hydrogen-bond donors (Lipinski definition) is 1. The van der Waals surface area contributed by atoms with Crippen molar-refractivity contribution in [2.45, 2.75) is 6.42 Å². The second-order valence-corrected chi connectivity index (χ2v) is 2.00. The van der Waals surface area contributed by atoms with Crippen LogP contribution in [0, 0.1) is 11.3 Å². The Morgan fingerprint density at radius 1 is 1.50 bits per heavy atom. The van der Waals surface area contributed by atoms with Gasteiger partial charge in [-0.2, -0.15) is 5.26 Å². The molecule has 0 radical (unpaired) electrons. The molecule has 0 unspecified atom stereocenters. The molecule has 0 bridgehead atoms. The van der Waals surface area contributed by atoms with Crippen LogP contribution >= 0.6 is 0 Å². The number of aliphatic hydroxyl groups is 1. The SMILES string of the molecule is N#CC1=CC=C(O)CC=C1. The van der Waals surface area contributed by atoms with Crippen molar-refractivity contribution in [3.05, 3.63) is 35.6 Å². The first-order valence-electron chi connectivity index (χ1n) is 2.99. The summed E-state index contributed by atoms with van der Waals surface area (Å²) in [6.45, 7) is 0. The van der Waals surface area contributed by atoms with Gasteiger partial charge in [0.25, 0.3) is 0 Å². The van der Waals surface area contributed by atoms with Crippen LogP contribution in [0.1, 0.15) is 6.42 Å². The van der Waals surface area contributed by atoms with Crippen molar-refractivity contribution in [3.63, 3.8) is 0 Å². The Bertz CT molecular complexity index is 253. The zero-order valence-corrected chi connectivity index (χ0v) is 5.41. The van der Waals surface area contributed by atoms with Crippen molar-refractivity contribution >= 4 is 0 Å². The second-order valence-electron chi connectivity index (χ2n) is 2.00. The van der Waals surface area contributed by atoms with E-state index in [2.05, 4.69) is 0 Å². The van der Waals surface area contributed by atoms with Crippen molar-refractivity contribution in [3.8, 4) is 6.07 Å². The molecule has 1 aliphatic rings. The van der Waals surface area contributed by atoms with Gasteiger partial charge in [0, 0.05) is 6.42 Å². The van der Waals surface area contributed by atoms with Crippen LogP contribution in [0.3, 0.4) is 0 Å². The fourth-order valence-corrected chi connectivity index (χ4v) is 0.691. The standard InChI is InChI=1S/C8H7NO/c9-6-7-2-1-3-8(10)5-4-7/h1-2,4-5,10H,3H2. The Hall–Kier alpha value is -1.49. The predicted molar refractivity (Wildman–Crippen MR) is 38.2 cm³/mol. The smallest absolute Gasteiger partial charge is 0.0991 e. The molecule has 0 aromatic carbocycles. The number of nitrogens with zero attached hydrogens (tertiary/aromatic N) is 1. The minimum absolute atomic E-state index is 0.293. The van der Waals surface area contributed by atoms with E-state index in [1.54, 1.807) is 24.3 Å². The summed E-state index contributed by atoms with van der Waals surface area (Å²) in [7, 11) is 0. The Kier molecular flexibility index (Phi) is 1.91. The lowest BCUT2D eigenvalue weighted by molar-refractivity contribution is 0.402. The number of allylic oxidation sites excluding steroid dienone is 5. The summed E-state index contributed by atoms with van der Waals surface area (Å²) >= 11 is 0. The second kappa shape index (κ2) is 2.88. The van der Waals surface area contributed by atoms with Crippen molar-refractivity contribution in [1.29, 1.82) is 5.26 Å². The summed E-state index contributed by atoms with van der Waals surface area (Å²) in [5, 5.41) is 17.4. The van der Waals surface area contributed by atoms with E-state index in [1.165, 1.54) is 0 Å². The van der Waals surface area contributed by atoms with Crippen molar-refractivity contribution in [2.24, 2.45) is 0 Å². The number of aliphatic hydroxyl groups excluding tert-OH is 1. The summed E-state index contributed by atoms with van der Waals surface area (Å²) in [6, 6.07) is 1.98. The highest BCUT2D eigenvalue weighted by Gasteiger charge is 1.94. The molecule has 50 valence electrons. The van der Waals surface area contributed by atoms with Crippen LogP contribution < -0.4 is 0 Å². The van der Waals surface area contributed by atoms with E-state index in [0.717, 1.165) is 0 Å². The van der Waals surface area contributed by atoms with Gasteiger partial charge in [-0.3, -0.25) is 0 Å². The van der Waals surface area contributed by atoms with Gasteiger partial charge in [0.15, 0.2) is 0 Å². The molecule has 1 rings (SSSR count). The van der Waals surface area contributed by atoms with Gasteiger partial charge in [-0.25, -0.2) is 0 Å². The van der Waals surface area contributed by atoms with Crippen LogP contribution in [0.2, 0.25) is 0 Å². The minimum atomic E-state index is 0.293. The molecule has 2 nitrogen and oxygen atoms in total. The molecule has 0 saturated carbocycles. The van der Waals surface area contributed by atoms with Crippen LogP contribution in [-0.4, -0.2) is 5.11 Å². The molecule has 1 aliphatic carbocycles. The highest BCUT2D eigenvalue weighted by Crippen LogP contribution is 2.07. The maximum absolute atomic E-state index is 8.96. The lowest BCUT2D eigenvalue weighted by Gasteiger charge is -1.86. The van der Waals surface area contributed by atoms with Gasteiger partial charge in [-0.1, -0.05) is 6.08 Å². The van der Waals surface area contributed by atoms with Crippen LogP contribution in [0.5, 0.6) is 0 Å². The van der Waals surface area contributed by atoms with Gasteiger partial charge in [0.2, 0.25) is 0 Å². The lowest BCUT2D eigenvalue weighted by atomic mass is 10.3. The van der Waals surface area contributed by atoms with Crippen LogP contribution in [0.25, 0.3) is 0 Å². The Morgan fingerprint density at radius 3 is 3.00 bits per heavy atom. The third kappa shape index (κ3) is 1.49. The fraction of sp³-hybridized carbons (Fsp3) is 0.125. The lowest BCUT2D eigenvalue weighted by Crippen LogP contribution is -1.72. The molecule has 2 heteroatoms. The minimum Gasteiger partial charge on any atom is -0.512 e. The van der Waals surface area contributed by atoms with E-state index in [4.69, 9.17) is 10.4 Å². The van der Waals surface area contributed by atoms with E-state index in [-0.39, 0.29) is 0 Å². The Labute approximate surface area is 59.4 Å². The third-order valence-electron chi connectivity index (χ3n) is 1.21. The highest BCUT2D eigenvalue weighted by atomic mass is 16.3. The first-order valence-corrected chi connectivity index (χ1v) is 2.99. The Balaban J connectivity index is 2.88. The van der Waals surface area contributed by atoms with Gasteiger partial charge in [-0.15, -0.1) is 0 Å². The zero-order valence-electron chi connectivity index (χ0n) is 5.41. The summed E-state index contributed by atoms with van der Waals surface area (Å²) in [5.41, 5.74) is 0.573. The summed E-state index contributed by atoms with van der Waals surface area (Å²) < 4.78 is 0. The Morgan fingerprint density at radius 2 is 2.30 bits per heavy atom. The van der Waals surface area contributed by atoms with E-state index < -0.39 is 0 Å². The molecule has 0 aromatic rings. The van der Waals surface area contributed by atoms with Crippen molar-refractivity contribution in [2.75, 3.05) is 0 Å². The highest BCUT2D eigenvalue weighted by molar-refractivity contribution is 5.38. The molecule has 0 spiro atoms. The molecule has 0 heterocycles. The van der Waals surface area contributed by atoms with Gasteiger partial charge in [0.1, 0.15) is 0 Å². The summed E-state index contributed by atoms with van der Waals surface area (Å²) in [5.74, 6) is 0.293. The quantitative estimate of drug-likeness (QED) is 0.548. The van der Waals surface area contributed by atoms with E-state index in [1.807, 2.05) is 6.07 Å². The van der Waals surface area contributed by atoms with Crippen LogP contribution in [-0.2, 0) is 0 Å². The molecule has 10 heavy (non-hydrogen) atoms. The maximum Gasteiger partial charge on any atom is 0.0991 e. The van der Waals surface area contributed by atoms with E-state index in [9.17, 15) is 0 Å². The van der Waals surface area contributed by atoms with Crippen LogP contribution in [0.4, 0.5) is 0 Å². The molecule has 1 N–H and O–H groups in total.